The molecule has 0 rings (SSSR count). The summed E-state index contributed by atoms with van der Waals surface area (Å²) < 4.78 is 0. The Morgan fingerprint density at radius 1 is 0.815 bits per heavy atom. The fraction of sp³-hybridized carbons (Fsp3) is 0.500. The molecule has 0 unspecified atom stereocenters. The monoisotopic (exact) mass is 378 g/mol. The van der Waals surface area contributed by atoms with Gasteiger partial charge in [-0.3, -0.25) is 4.79 Å². The highest BCUT2D eigenvalue weighted by Gasteiger charge is 2.11. The molecule has 0 heterocycles. The second-order valence-electron chi connectivity index (χ2n) is 6.18. The van der Waals surface area contributed by atoms with Crippen molar-refractivity contribution in [1.29, 1.82) is 0 Å². The molecule has 0 fully saturated rings. The summed E-state index contributed by atoms with van der Waals surface area (Å²) >= 11 is 0. The second-order valence-corrected chi connectivity index (χ2v) is 6.18. The number of carboxylic acids is 1. The predicted molar refractivity (Wildman–Crippen MR) is 109 cm³/mol. The molecule has 0 radical (unpaired) electrons. The number of hydrogen-bond donors (Lipinski definition) is 4. The van der Waals surface area contributed by atoms with Crippen molar-refractivity contribution in [3.63, 3.8) is 0 Å². The zero-order chi connectivity index (χ0) is 20.3. The van der Waals surface area contributed by atoms with Gasteiger partial charge in [0.05, 0.1) is 18.3 Å². The van der Waals surface area contributed by atoms with Gasteiger partial charge in [0.1, 0.15) is 0 Å². The lowest BCUT2D eigenvalue weighted by Gasteiger charge is -2.12. The fourth-order valence-corrected chi connectivity index (χ4v) is 2.09. The molecule has 0 aliphatic heterocycles. The van der Waals surface area contributed by atoms with Crippen LogP contribution in [0.5, 0.6) is 0 Å². The van der Waals surface area contributed by atoms with E-state index in [2.05, 4.69) is 31.2 Å². The normalized spacial score (nSPS) is 16.3. The molecular weight excluding hydrogens is 344 g/mol. The molecule has 0 saturated carbocycles. The third-order valence-corrected chi connectivity index (χ3v) is 3.65. The first-order valence-corrected chi connectivity index (χ1v) is 9.51. The van der Waals surface area contributed by atoms with E-state index in [0.717, 1.165) is 19.3 Å². The van der Waals surface area contributed by atoms with Gasteiger partial charge in [0, 0.05) is 6.42 Å². The SMILES string of the molecule is CC/C=C\C/C=C\C/C=C\C[C@H](O)[C@@H](O)/C=C/[C@@H](O)C/C=C\CCC(=O)O. The molecule has 0 aliphatic carbocycles. The molecule has 0 aliphatic rings. The molecule has 0 aromatic heterocycles. The minimum Gasteiger partial charge on any atom is -0.481 e. The number of hydrogen-bond acceptors (Lipinski definition) is 4. The van der Waals surface area contributed by atoms with E-state index >= 15 is 0 Å². The van der Waals surface area contributed by atoms with Crippen molar-refractivity contribution in [3.05, 3.63) is 60.8 Å². The highest BCUT2D eigenvalue weighted by Crippen LogP contribution is 2.05. The molecular formula is C22H34O5. The largest absolute Gasteiger partial charge is 0.481 e. The number of aliphatic hydroxyl groups excluding tert-OH is 3. The zero-order valence-corrected chi connectivity index (χ0v) is 16.2. The molecule has 0 saturated heterocycles. The summed E-state index contributed by atoms with van der Waals surface area (Å²) in [6.45, 7) is 2.10. The lowest BCUT2D eigenvalue weighted by Crippen LogP contribution is -2.23. The van der Waals surface area contributed by atoms with Crippen molar-refractivity contribution < 1.29 is 25.2 Å². The molecule has 0 aromatic carbocycles. The van der Waals surface area contributed by atoms with Crippen LogP contribution in [0.25, 0.3) is 0 Å². The summed E-state index contributed by atoms with van der Waals surface area (Å²) in [7, 11) is 0. The molecule has 5 nitrogen and oxygen atoms in total. The average molecular weight is 379 g/mol. The van der Waals surface area contributed by atoms with E-state index in [1.165, 1.54) is 12.2 Å². The standard InChI is InChI=1S/C22H34O5/c1-2-3-4-5-6-7-8-9-12-15-20(24)21(25)18-17-19(23)14-11-10-13-16-22(26)27/h3-4,6-7,9-12,17-21,23-25H,2,5,8,13-16H2,1H3,(H,26,27)/b4-3-,7-6-,11-10-,12-9-,18-17+/t19-,20-,21-/m0/s1. The number of allylic oxidation sites excluding steroid dienone is 6. The first-order valence-electron chi connectivity index (χ1n) is 9.51. The van der Waals surface area contributed by atoms with Crippen LogP contribution >= 0.6 is 0 Å². The van der Waals surface area contributed by atoms with Gasteiger partial charge in [-0.05, 0) is 38.5 Å². The molecule has 152 valence electrons. The van der Waals surface area contributed by atoms with Crippen molar-refractivity contribution in [1.82, 2.24) is 0 Å². The van der Waals surface area contributed by atoms with Gasteiger partial charge in [0.2, 0.25) is 0 Å². The van der Waals surface area contributed by atoms with E-state index < -0.39 is 24.3 Å². The summed E-state index contributed by atoms with van der Waals surface area (Å²) in [5.74, 6) is -0.855. The van der Waals surface area contributed by atoms with E-state index in [1.807, 2.05) is 12.2 Å². The number of carboxylic acid groups (broad SMARTS) is 1. The van der Waals surface area contributed by atoms with E-state index in [-0.39, 0.29) is 6.42 Å². The maximum Gasteiger partial charge on any atom is 0.303 e. The van der Waals surface area contributed by atoms with Crippen LogP contribution in [0.15, 0.2) is 60.8 Å². The summed E-state index contributed by atoms with van der Waals surface area (Å²) in [5, 5.41) is 38.0. The molecule has 0 bridgehead atoms. The quantitative estimate of drug-likeness (QED) is 0.326. The molecule has 3 atom stereocenters. The van der Waals surface area contributed by atoms with Gasteiger partial charge in [-0.1, -0.05) is 67.7 Å². The van der Waals surface area contributed by atoms with Gasteiger partial charge < -0.3 is 20.4 Å². The Hall–Kier alpha value is -1.95. The molecule has 4 N–H and O–H groups in total. The lowest BCUT2D eigenvalue weighted by atomic mass is 10.1. The van der Waals surface area contributed by atoms with Crippen LogP contribution in [0.4, 0.5) is 0 Å². The smallest absolute Gasteiger partial charge is 0.303 e. The van der Waals surface area contributed by atoms with Crippen LogP contribution in [-0.2, 0) is 4.79 Å². The second kappa shape index (κ2) is 17.5. The van der Waals surface area contributed by atoms with Crippen molar-refractivity contribution in [3.8, 4) is 0 Å². The first-order chi connectivity index (χ1) is 13.0. The van der Waals surface area contributed by atoms with Crippen LogP contribution in [0.3, 0.4) is 0 Å². The summed E-state index contributed by atoms with van der Waals surface area (Å²) in [4.78, 5) is 10.4. The Morgan fingerprint density at radius 3 is 2.04 bits per heavy atom. The van der Waals surface area contributed by atoms with Gasteiger partial charge in [-0.25, -0.2) is 0 Å². The summed E-state index contributed by atoms with van der Waals surface area (Å²) in [6.07, 6.45) is 19.5. The maximum absolute atomic E-state index is 10.4. The van der Waals surface area contributed by atoms with Gasteiger partial charge >= 0.3 is 5.97 Å². The molecule has 0 aromatic rings. The Balaban J connectivity index is 3.99. The number of aliphatic hydroxyl groups is 3. The van der Waals surface area contributed by atoms with E-state index in [0.29, 0.717) is 19.3 Å². The predicted octanol–water partition coefficient (Wildman–Crippen LogP) is 3.69. The number of rotatable bonds is 15. The topological polar surface area (TPSA) is 98.0 Å². The fourth-order valence-electron chi connectivity index (χ4n) is 2.09. The summed E-state index contributed by atoms with van der Waals surface area (Å²) in [6, 6.07) is 0. The molecule has 27 heavy (non-hydrogen) atoms. The minimum absolute atomic E-state index is 0.0621. The minimum atomic E-state index is -1.05. The average Bonchev–Trinajstić information content (AvgIpc) is 2.64. The highest BCUT2D eigenvalue weighted by atomic mass is 16.4. The van der Waals surface area contributed by atoms with Gasteiger partial charge in [-0.2, -0.15) is 0 Å². The third kappa shape index (κ3) is 17.2. The lowest BCUT2D eigenvalue weighted by molar-refractivity contribution is -0.136. The zero-order valence-electron chi connectivity index (χ0n) is 16.2. The Labute approximate surface area is 162 Å². The van der Waals surface area contributed by atoms with Crippen LogP contribution in [-0.4, -0.2) is 44.7 Å². The van der Waals surface area contributed by atoms with Crippen LogP contribution in [0.1, 0.15) is 51.9 Å². The van der Waals surface area contributed by atoms with Crippen molar-refractivity contribution in [2.75, 3.05) is 0 Å². The highest BCUT2D eigenvalue weighted by molar-refractivity contribution is 5.66. The van der Waals surface area contributed by atoms with E-state index in [1.54, 1.807) is 12.2 Å². The number of carbonyl (C=O) groups is 1. The van der Waals surface area contributed by atoms with Crippen molar-refractivity contribution in [2.24, 2.45) is 0 Å². The van der Waals surface area contributed by atoms with Crippen molar-refractivity contribution in [2.45, 2.75) is 70.2 Å². The molecule has 0 spiro atoms. The van der Waals surface area contributed by atoms with E-state index in [4.69, 9.17) is 5.11 Å². The number of aliphatic carboxylic acids is 1. The Morgan fingerprint density at radius 2 is 1.41 bits per heavy atom. The molecule has 0 amide bonds. The van der Waals surface area contributed by atoms with Crippen molar-refractivity contribution >= 4 is 5.97 Å². The van der Waals surface area contributed by atoms with Crippen LogP contribution < -0.4 is 0 Å². The maximum atomic E-state index is 10.4. The van der Waals surface area contributed by atoms with Gasteiger partial charge in [0.15, 0.2) is 0 Å². The third-order valence-electron chi connectivity index (χ3n) is 3.65. The Bertz CT molecular complexity index is 517. The Kier molecular flexibility index (Phi) is 16.2. The van der Waals surface area contributed by atoms with Gasteiger partial charge in [-0.15, -0.1) is 0 Å². The van der Waals surface area contributed by atoms with Gasteiger partial charge in [0.25, 0.3) is 0 Å². The first kappa shape index (κ1) is 25.1. The van der Waals surface area contributed by atoms with Crippen LogP contribution in [0, 0.1) is 0 Å². The van der Waals surface area contributed by atoms with Crippen LogP contribution in [0.2, 0.25) is 0 Å². The molecule has 5 heteroatoms. The van der Waals surface area contributed by atoms with E-state index in [9.17, 15) is 20.1 Å². The summed E-state index contributed by atoms with van der Waals surface area (Å²) in [5.41, 5.74) is 0.